The third kappa shape index (κ3) is 2.05. The van der Waals surface area contributed by atoms with Gasteiger partial charge in [0.1, 0.15) is 0 Å². The van der Waals surface area contributed by atoms with E-state index >= 15 is 0 Å². The van der Waals surface area contributed by atoms with Gasteiger partial charge in [-0.1, -0.05) is 12.1 Å². The lowest BCUT2D eigenvalue weighted by Crippen LogP contribution is -2.17. The number of nitrogens with zero attached hydrogens (tertiary/aromatic N) is 1. The summed E-state index contributed by atoms with van der Waals surface area (Å²) in [7, 11) is 0. The summed E-state index contributed by atoms with van der Waals surface area (Å²) in [6.07, 6.45) is 3.09. The van der Waals surface area contributed by atoms with E-state index in [1.165, 1.54) is 16.5 Å². The molecule has 0 radical (unpaired) electrons. The van der Waals surface area contributed by atoms with Crippen molar-refractivity contribution in [3.05, 3.63) is 36.0 Å². The quantitative estimate of drug-likeness (QED) is 0.814. The van der Waals surface area contributed by atoms with Crippen LogP contribution in [-0.2, 0) is 13.0 Å². The Morgan fingerprint density at radius 1 is 1.33 bits per heavy atom. The zero-order valence-electron chi connectivity index (χ0n) is 9.40. The van der Waals surface area contributed by atoms with Gasteiger partial charge in [0, 0.05) is 24.3 Å². The predicted molar refractivity (Wildman–Crippen MR) is 65.0 cm³/mol. The van der Waals surface area contributed by atoms with Gasteiger partial charge in [0.25, 0.3) is 0 Å². The number of benzene rings is 1. The molecule has 0 aliphatic heterocycles. The summed E-state index contributed by atoms with van der Waals surface area (Å²) in [6.45, 7) is 5.23. The first kappa shape index (κ1) is 10.2. The highest BCUT2D eigenvalue weighted by Crippen LogP contribution is 2.18. The Morgan fingerprint density at radius 3 is 2.80 bits per heavy atom. The first-order chi connectivity index (χ1) is 7.20. The first-order valence-corrected chi connectivity index (χ1v) is 5.54. The van der Waals surface area contributed by atoms with Gasteiger partial charge in [-0.25, -0.2) is 0 Å². The average Bonchev–Trinajstić information content (AvgIpc) is 2.59. The molecule has 0 fully saturated rings. The van der Waals surface area contributed by atoms with Crippen molar-refractivity contribution in [3.63, 3.8) is 0 Å². The molecule has 2 aromatic rings. The fraction of sp³-hybridized carbons (Fsp3) is 0.385. The molecule has 0 spiro atoms. The molecule has 1 unspecified atom stereocenters. The van der Waals surface area contributed by atoms with Gasteiger partial charge in [-0.2, -0.15) is 0 Å². The number of hydrogen-bond donors (Lipinski definition) is 1. The molecule has 0 bridgehead atoms. The smallest absolute Gasteiger partial charge is 0.0482 e. The zero-order valence-corrected chi connectivity index (χ0v) is 9.40. The summed E-state index contributed by atoms with van der Waals surface area (Å²) in [6, 6.07) is 8.99. The van der Waals surface area contributed by atoms with Gasteiger partial charge in [0.05, 0.1) is 0 Å². The maximum Gasteiger partial charge on any atom is 0.0482 e. The first-order valence-electron chi connectivity index (χ1n) is 5.54. The summed E-state index contributed by atoms with van der Waals surface area (Å²) < 4.78 is 2.26. The van der Waals surface area contributed by atoms with Crippen molar-refractivity contribution in [1.29, 1.82) is 0 Å². The van der Waals surface area contributed by atoms with Crippen molar-refractivity contribution in [2.24, 2.45) is 5.73 Å². The largest absolute Gasteiger partial charge is 0.348 e. The highest BCUT2D eigenvalue weighted by molar-refractivity contribution is 5.80. The van der Waals surface area contributed by atoms with E-state index in [-0.39, 0.29) is 6.04 Å². The molecule has 0 saturated heterocycles. The van der Waals surface area contributed by atoms with Gasteiger partial charge in [0.15, 0.2) is 0 Å². The lowest BCUT2D eigenvalue weighted by atomic mass is 10.1. The molecule has 1 aromatic carbocycles. The van der Waals surface area contributed by atoms with Crippen LogP contribution in [0.2, 0.25) is 0 Å². The van der Waals surface area contributed by atoms with Crippen molar-refractivity contribution >= 4 is 10.9 Å². The van der Waals surface area contributed by atoms with Gasteiger partial charge in [-0.05, 0) is 43.4 Å². The van der Waals surface area contributed by atoms with Gasteiger partial charge in [-0.3, -0.25) is 0 Å². The highest BCUT2D eigenvalue weighted by atomic mass is 14.9. The summed E-state index contributed by atoms with van der Waals surface area (Å²) in [5.41, 5.74) is 8.45. The van der Waals surface area contributed by atoms with Crippen molar-refractivity contribution in [1.82, 2.24) is 4.57 Å². The van der Waals surface area contributed by atoms with Crippen LogP contribution in [0.3, 0.4) is 0 Å². The van der Waals surface area contributed by atoms with E-state index in [4.69, 9.17) is 5.73 Å². The lowest BCUT2D eigenvalue weighted by Gasteiger charge is -2.07. The van der Waals surface area contributed by atoms with E-state index in [2.05, 4.69) is 42.0 Å². The Hall–Kier alpha value is -1.28. The molecular weight excluding hydrogens is 184 g/mol. The van der Waals surface area contributed by atoms with Crippen molar-refractivity contribution in [2.45, 2.75) is 32.9 Å². The second kappa shape index (κ2) is 4.07. The van der Waals surface area contributed by atoms with E-state index in [9.17, 15) is 0 Å². The third-order valence-electron chi connectivity index (χ3n) is 2.74. The number of nitrogens with two attached hydrogens (primary N) is 1. The molecule has 1 aromatic heterocycles. The van der Waals surface area contributed by atoms with Crippen LogP contribution in [0.5, 0.6) is 0 Å². The van der Waals surface area contributed by atoms with Crippen molar-refractivity contribution in [2.75, 3.05) is 0 Å². The molecule has 2 heteroatoms. The second-order valence-electron chi connectivity index (χ2n) is 4.18. The molecule has 2 N–H and O–H groups in total. The standard InChI is InChI=1S/C13H18N2/c1-3-15-7-6-12-5-4-11(8-10(2)14)9-13(12)15/h4-7,9-10H,3,8,14H2,1-2H3. The average molecular weight is 202 g/mol. The molecule has 0 aliphatic rings. The summed E-state index contributed by atoms with van der Waals surface area (Å²) in [4.78, 5) is 0. The molecule has 80 valence electrons. The van der Waals surface area contributed by atoms with Crippen LogP contribution in [0.25, 0.3) is 10.9 Å². The van der Waals surface area contributed by atoms with Crippen LogP contribution in [0.1, 0.15) is 19.4 Å². The third-order valence-corrected chi connectivity index (χ3v) is 2.74. The monoisotopic (exact) mass is 202 g/mol. The van der Waals surface area contributed by atoms with E-state index in [1.54, 1.807) is 0 Å². The predicted octanol–water partition coefficient (Wildman–Crippen LogP) is 2.55. The minimum atomic E-state index is 0.229. The molecule has 0 amide bonds. The number of aryl methyl sites for hydroxylation is 1. The number of aromatic nitrogens is 1. The Morgan fingerprint density at radius 2 is 2.13 bits per heavy atom. The summed E-state index contributed by atoms with van der Waals surface area (Å²) >= 11 is 0. The van der Waals surface area contributed by atoms with Crippen LogP contribution in [0.15, 0.2) is 30.5 Å². The molecule has 0 aliphatic carbocycles. The van der Waals surface area contributed by atoms with E-state index in [1.807, 2.05) is 6.92 Å². The van der Waals surface area contributed by atoms with Gasteiger partial charge < -0.3 is 10.3 Å². The second-order valence-corrected chi connectivity index (χ2v) is 4.18. The Labute approximate surface area is 90.7 Å². The normalized spacial score (nSPS) is 13.3. The minimum Gasteiger partial charge on any atom is -0.348 e. The van der Waals surface area contributed by atoms with Crippen LogP contribution in [-0.4, -0.2) is 10.6 Å². The molecule has 1 atom stereocenters. The van der Waals surface area contributed by atoms with Crippen LogP contribution >= 0.6 is 0 Å². The molecular formula is C13H18N2. The fourth-order valence-electron chi connectivity index (χ4n) is 2.00. The molecule has 15 heavy (non-hydrogen) atoms. The van der Waals surface area contributed by atoms with E-state index in [0.717, 1.165) is 13.0 Å². The minimum absolute atomic E-state index is 0.229. The SMILES string of the molecule is CCn1ccc2ccc(CC(C)N)cc21. The van der Waals surface area contributed by atoms with Crippen LogP contribution in [0, 0.1) is 0 Å². The topological polar surface area (TPSA) is 30.9 Å². The van der Waals surface area contributed by atoms with Crippen molar-refractivity contribution < 1.29 is 0 Å². The molecule has 0 saturated carbocycles. The van der Waals surface area contributed by atoms with E-state index < -0.39 is 0 Å². The highest BCUT2D eigenvalue weighted by Gasteiger charge is 2.02. The maximum atomic E-state index is 5.81. The summed E-state index contributed by atoms with van der Waals surface area (Å²) in [5, 5.41) is 1.31. The molecule has 1 heterocycles. The fourth-order valence-corrected chi connectivity index (χ4v) is 2.00. The lowest BCUT2D eigenvalue weighted by molar-refractivity contribution is 0.737. The van der Waals surface area contributed by atoms with Crippen molar-refractivity contribution in [3.8, 4) is 0 Å². The van der Waals surface area contributed by atoms with Crippen LogP contribution < -0.4 is 5.73 Å². The van der Waals surface area contributed by atoms with Gasteiger partial charge in [0.2, 0.25) is 0 Å². The molecule has 2 rings (SSSR count). The van der Waals surface area contributed by atoms with Gasteiger partial charge >= 0.3 is 0 Å². The summed E-state index contributed by atoms with van der Waals surface area (Å²) in [5.74, 6) is 0. The van der Waals surface area contributed by atoms with E-state index in [0.29, 0.717) is 0 Å². The van der Waals surface area contributed by atoms with Gasteiger partial charge in [-0.15, -0.1) is 0 Å². The Bertz CT molecular complexity index is 455. The maximum absolute atomic E-state index is 5.81. The Kier molecular flexibility index (Phi) is 2.78. The number of hydrogen-bond acceptors (Lipinski definition) is 1. The van der Waals surface area contributed by atoms with Crippen LogP contribution in [0.4, 0.5) is 0 Å². The molecule has 2 nitrogen and oxygen atoms in total. The zero-order chi connectivity index (χ0) is 10.8. The number of rotatable bonds is 3. The number of fused-ring (bicyclic) bond motifs is 1. The Balaban J connectivity index is 2.43.